The fourth-order valence-electron chi connectivity index (χ4n) is 3.90. The third-order valence-corrected chi connectivity index (χ3v) is 5.94. The van der Waals surface area contributed by atoms with Crippen LogP contribution in [0.25, 0.3) is 0 Å². The van der Waals surface area contributed by atoms with Gasteiger partial charge >= 0.3 is 6.03 Å². The Balaban J connectivity index is 1.43. The molecule has 2 amide bonds. The summed E-state index contributed by atoms with van der Waals surface area (Å²) in [5, 5.41) is 3.42. The highest BCUT2D eigenvalue weighted by Crippen LogP contribution is 2.24. The Kier molecular flexibility index (Phi) is 5.94. The number of aromatic nitrogens is 2. The lowest BCUT2D eigenvalue weighted by molar-refractivity contribution is 0.0903. The van der Waals surface area contributed by atoms with E-state index in [4.69, 9.17) is 9.72 Å². The molecule has 0 radical (unpaired) electrons. The fourth-order valence-corrected chi connectivity index (χ4v) is 3.90. The molecule has 1 atom stereocenters. The maximum absolute atomic E-state index is 13.1. The van der Waals surface area contributed by atoms with E-state index in [9.17, 15) is 4.79 Å². The minimum Gasteiger partial charge on any atom is -0.381 e. The lowest BCUT2D eigenvalue weighted by Gasteiger charge is -2.34. The van der Waals surface area contributed by atoms with Crippen molar-refractivity contribution in [3.63, 3.8) is 0 Å². The standard InChI is InChI=1S/C22H29N5O2/c1-16(17-6-4-3-5-7-17)26(2)22(28)27-11-8-18-14-23-21(25-20(18)15-27)24-19-9-12-29-13-10-19/h3-7,14,16,19H,8-13,15H2,1-2H3,(H,23,24,25). The molecule has 3 heterocycles. The van der Waals surface area contributed by atoms with E-state index >= 15 is 0 Å². The third kappa shape index (κ3) is 4.50. The Morgan fingerprint density at radius 3 is 2.79 bits per heavy atom. The number of nitrogens with one attached hydrogen (secondary N) is 1. The largest absolute Gasteiger partial charge is 0.381 e. The number of anilines is 1. The van der Waals surface area contributed by atoms with E-state index in [0.29, 0.717) is 25.1 Å². The summed E-state index contributed by atoms with van der Waals surface area (Å²) >= 11 is 0. The molecule has 1 fully saturated rings. The Hall–Kier alpha value is -2.67. The summed E-state index contributed by atoms with van der Waals surface area (Å²) < 4.78 is 5.41. The van der Waals surface area contributed by atoms with Crippen LogP contribution >= 0.6 is 0 Å². The fraction of sp³-hybridized carbons (Fsp3) is 0.500. The van der Waals surface area contributed by atoms with Gasteiger partial charge in [0.05, 0.1) is 18.3 Å². The number of urea groups is 1. The van der Waals surface area contributed by atoms with Crippen molar-refractivity contribution in [3.8, 4) is 0 Å². The lowest BCUT2D eigenvalue weighted by atomic mass is 10.1. The molecule has 0 saturated carbocycles. The first-order valence-corrected chi connectivity index (χ1v) is 10.4. The van der Waals surface area contributed by atoms with E-state index in [-0.39, 0.29) is 12.1 Å². The topological polar surface area (TPSA) is 70.6 Å². The number of nitrogens with zero attached hydrogens (tertiary/aromatic N) is 4. The molecule has 1 unspecified atom stereocenters. The number of hydrogen-bond donors (Lipinski definition) is 1. The Morgan fingerprint density at radius 1 is 1.28 bits per heavy atom. The van der Waals surface area contributed by atoms with Gasteiger partial charge in [-0.25, -0.2) is 14.8 Å². The normalized spacial score (nSPS) is 18.1. The van der Waals surface area contributed by atoms with Crippen molar-refractivity contribution in [2.24, 2.45) is 0 Å². The Bertz CT molecular complexity index is 838. The van der Waals surface area contributed by atoms with E-state index in [2.05, 4.69) is 29.4 Å². The predicted octanol–water partition coefficient (Wildman–Crippen LogP) is 3.24. The van der Waals surface area contributed by atoms with Gasteiger partial charge in [0.25, 0.3) is 0 Å². The van der Waals surface area contributed by atoms with E-state index in [1.54, 1.807) is 0 Å². The van der Waals surface area contributed by atoms with Crippen LogP contribution in [-0.4, -0.2) is 58.6 Å². The van der Waals surface area contributed by atoms with Gasteiger partial charge in [-0.3, -0.25) is 0 Å². The number of amides is 2. The van der Waals surface area contributed by atoms with Crippen molar-refractivity contribution in [3.05, 3.63) is 53.3 Å². The average molecular weight is 396 g/mol. The average Bonchev–Trinajstić information content (AvgIpc) is 2.78. The maximum atomic E-state index is 13.1. The van der Waals surface area contributed by atoms with Crippen LogP contribution in [0.15, 0.2) is 36.5 Å². The van der Waals surface area contributed by atoms with E-state index in [1.807, 2.05) is 41.2 Å². The highest BCUT2D eigenvalue weighted by Gasteiger charge is 2.27. The van der Waals surface area contributed by atoms with Crippen LogP contribution in [-0.2, 0) is 17.7 Å². The van der Waals surface area contributed by atoms with Gasteiger partial charge in [0.1, 0.15) is 0 Å². The highest BCUT2D eigenvalue weighted by molar-refractivity contribution is 5.75. The van der Waals surface area contributed by atoms with Crippen molar-refractivity contribution < 1.29 is 9.53 Å². The van der Waals surface area contributed by atoms with E-state index in [1.165, 1.54) is 0 Å². The molecule has 4 rings (SSSR count). The molecule has 29 heavy (non-hydrogen) atoms. The van der Waals surface area contributed by atoms with Gasteiger partial charge in [-0.1, -0.05) is 30.3 Å². The molecule has 2 aromatic rings. The van der Waals surface area contributed by atoms with Crippen LogP contribution in [0.5, 0.6) is 0 Å². The van der Waals surface area contributed by atoms with Crippen LogP contribution in [0, 0.1) is 0 Å². The monoisotopic (exact) mass is 395 g/mol. The predicted molar refractivity (Wildman–Crippen MR) is 112 cm³/mol. The smallest absolute Gasteiger partial charge is 0.320 e. The zero-order chi connectivity index (χ0) is 20.2. The number of carbonyl (C=O) groups is 1. The maximum Gasteiger partial charge on any atom is 0.320 e. The van der Waals surface area contributed by atoms with Crippen molar-refractivity contribution in [1.82, 2.24) is 19.8 Å². The summed E-state index contributed by atoms with van der Waals surface area (Å²) in [7, 11) is 1.87. The quantitative estimate of drug-likeness (QED) is 0.861. The molecule has 1 saturated heterocycles. The molecule has 1 aromatic carbocycles. The Morgan fingerprint density at radius 2 is 2.03 bits per heavy atom. The van der Waals surface area contributed by atoms with E-state index < -0.39 is 0 Å². The molecule has 7 heteroatoms. The Labute approximate surface area is 172 Å². The first-order valence-electron chi connectivity index (χ1n) is 10.4. The second-order valence-corrected chi connectivity index (χ2v) is 7.85. The van der Waals surface area contributed by atoms with Crippen molar-refractivity contribution in [1.29, 1.82) is 0 Å². The summed E-state index contributed by atoms with van der Waals surface area (Å²) in [4.78, 5) is 26.0. The number of fused-ring (bicyclic) bond motifs is 1. The number of carbonyl (C=O) groups excluding carboxylic acids is 1. The third-order valence-electron chi connectivity index (χ3n) is 5.94. The molecule has 0 aliphatic carbocycles. The number of rotatable bonds is 4. The molecule has 7 nitrogen and oxygen atoms in total. The highest BCUT2D eigenvalue weighted by atomic mass is 16.5. The molecule has 1 aromatic heterocycles. The van der Waals surface area contributed by atoms with Crippen LogP contribution in [0.3, 0.4) is 0 Å². The molecular weight excluding hydrogens is 366 g/mol. The second kappa shape index (κ2) is 8.78. The summed E-state index contributed by atoms with van der Waals surface area (Å²) in [6.45, 7) is 4.82. The van der Waals surface area contributed by atoms with Crippen LogP contribution in [0.4, 0.5) is 10.7 Å². The zero-order valence-electron chi connectivity index (χ0n) is 17.2. The zero-order valence-corrected chi connectivity index (χ0v) is 17.2. The lowest BCUT2D eigenvalue weighted by Crippen LogP contribution is -2.44. The number of ether oxygens (including phenoxy) is 1. The van der Waals surface area contributed by atoms with Gasteiger partial charge in [-0.2, -0.15) is 0 Å². The molecule has 2 aliphatic heterocycles. The van der Waals surface area contributed by atoms with Crippen LogP contribution in [0.1, 0.15) is 42.6 Å². The molecular formula is C22H29N5O2. The minimum atomic E-state index is 0.0150. The van der Waals surface area contributed by atoms with Gasteiger partial charge in [-0.15, -0.1) is 0 Å². The minimum absolute atomic E-state index is 0.0150. The van der Waals surface area contributed by atoms with Gasteiger partial charge in [-0.05, 0) is 37.3 Å². The van der Waals surface area contributed by atoms with Crippen molar-refractivity contribution >= 4 is 12.0 Å². The van der Waals surface area contributed by atoms with Crippen molar-refractivity contribution in [2.75, 3.05) is 32.1 Å². The first kappa shape index (κ1) is 19.6. The SMILES string of the molecule is CC(c1ccccc1)N(C)C(=O)N1CCc2cnc(NC3CCOCC3)nc2C1. The van der Waals surface area contributed by atoms with Gasteiger partial charge in [0.15, 0.2) is 0 Å². The summed E-state index contributed by atoms with van der Waals surface area (Å²) in [5.74, 6) is 0.649. The number of hydrogen-bond acceptors (Lipinski definition) is 5. The van der Waals surface area contributed by atoms with Crippen LogP contribution < -0.4 is 5.32 Å². The van der Waals surface area contributed by atoms with Gasteiger partial charge < -0.3 is 19.9 Å². The summed E-state index contributed by atoms with van der Waals surface area (Å²) in [5.41, 5.74) is 3.20. The molecule has 1 N–H and O–H groups in total. The van der Waals surface area contributed by atoms with Gasteiger partial charge in [0.2, 0.25) is 5.95 Å². The van der Waals surface area contributed by atoms with Crippen molar-refractivity contribution in [2.45, 2.75) is 44.8 Å². The van der Waals surface area contributed by atoms with Crippen LogP contribution in [0.2, 0.25) is 0 Å². The summed E-state index contributed by atoms with van der Waals surface area (Å²) in [6.07, 6.45) is 4.62. The molecule has 2 aliphatic rings. The molecule has 0 spiro atoms. The van der Waals surface area contributed by atoms with E-state index in [0.717, 1.165) is 49.3 Å². The number of benzene rings is 1. The first-order chi connectivity index (χ1) is 14.1. The second-order valence-electron chi connectivity index (χ2n) is 7.85. The molecule has 154 valence electrons. The van der Waals surface area contributed by atoms with Gasteiger partial charge in [0, 0.05) is 39.0 Å². The summed E-state index contributed by atoms with van der Waals surface area (Å²) in [6, 6.07) is 10.5. The molecule has 0 bridgehead atoms.